The van der Waals surface area contributed by atoms with Crippen LogP contribution >= 0.6 is 0 Å². The molecule has 0 saturated carbocycles. The van der Waals surface area contributed by atoms with Crippen molar-refractivity contribution in [2.24, 2.45) is 0 Å². The summed E-state index contributed by atoms with van der Waals surface area (Å²) in [7, 11) is 1.94. The summed E-state index contributed by atoms with van der Waals surface area (Å²) in [5, 5.41) is 0. The first-order valence-corrected chi connectivity index (χ1v) is 7.13. The van der Waals surface area contributed by atoms with Crippen molar-refractivity contribution < 1.29 is 13.2 Å². The number of hydrogen-bond acceptors (Lipinski definition) is 1. The van der Waals surface area contributed by atoms with Crippen LogP contribution in [0, 0.1) is 17.5 Å². The Morgan fingerprint density at radius 2 is 1.26 bits per heavy atom. The molecular formula is C18H13BF3N. The van der Waals surface area contributed by atoms with Crippen molar-refractivity contribution in [3.8, 4) is 0 Å². The van der Waals surface area contributed by atoms with Gasteiger partial charge in [-0.2, -0.15) is 0 Å². The van der Waals surface area contributed by atoms with Crippen LogP contribution in [0.2, 0.25) is 0 Å². The summed E-state index contributed by atoms with van der Waals surface area (Å²) in [6, 6.07) is 18.5. The third kappa shape index (κ3) is 2.95. The lowest BCUT2D eigenvalue weighted by atomic mass is 9.96. The van der Waals surface area contributed by atoms with Gasteiger partial charge in [-0.25, -0.2) is 13.2 Å². The molecule has 0 fully saturated rings. The Hall–Kier alpha value is -2.69. The molecule has 0 heterocycles. The maximum absolute atomic E-state index is 14.3. The van der Waals surface area contributed by atoms with Gasteiger partial charge in [-0.15, -0.1) is 0 Å². The molecular weight excluding hydrogens is 298 g/mol. The highest BCUT2D eigenvalue weighted by molar-refractivity contribution is 6.32. The van der Waals surface area contributed by atoms with E-state index in [4.69, 9.17) is 0 Å². The lowest BCUT2D eigenvalue weighted by Gasteiger charge is -2.26. The lowest BCUT2D eigenvalue weighted by molar-refractivity contribution is 0.448. The summed E-state index contributed by atoms with van der Waals surface area (Å²) in [5.74, 6) is -3.90. The van der Waals surface area contributed by atoms with Gasteiger partial charge in [0, 0.05) is 11.4 Å². The highest BCUT2D eigenvalue weighted by Gasteiger charge is 2.20. The Morgan fingerprint density at radius 1 is 0.652 bits per heavy atom. The van der Waals surface area contributed by atoms with Crippen LogP contribution in [0.4, 0.5) is 30.2 Å². The molecule has 0 aromatic heterocycles. The molecule has 5 heteroatoms. The molecule has 0 unspecified atom stereocenters. The first-order chi connectivity index (χ1) is 11.1. The summed E-state index contributed by atoms with van der Waals surface area (Å²) in [6.07, 6.45) is 0. The zero-order valence-corrected chi connectivity index (χ0v) is 12.4. The van der Waals surface area contributed by atoms with Crippen molar-refractivity contribution in [3.05, 3.63) is 84.2 Å². The molecule has 0 aliphatic heterocycles. The minimum absolute atomic E-state index is 0.0426. The lowest BCUT2D eigenvalue weighted by Crippen LogP contribution is -2.14. The van der Waals surface area contributed by atoms with Crippen molar-refractivity contribution in [3.63, 3.8) is 0 Å². The Morgan fingerprint density at radius 3 is 1.91 bits per heavy atom. The summed E-state index contributed by atoms with van der Waals surface area (Å²) in [5.41, 5.74) is 2.32. The molecule has 0 atom stereocenters. The Kier molecular flexibility index (Phi) is 4.11. The highest BCUT2D eigenvalue weighted by atomic mass is 19.2. The fraction of sp³-hybridized carbons (Fsp3) is 0. The van der Waals surface area contributed by atoms with Crippen molar-refractivity contribution >= 4 is 30.4 Å². The van der Waals surface area contributed by atoms with Crippen molar-refractivity contribution in [1.29, 1.82) is 0 Å². The molecule has 0 amide bonds. The van der Waals surface area contributed by atoms with Crippen LogP contribution in [0.15, 0.2) is 66.7 Å². The van der Waals surface area contributed by atoms with Gasteiger partial charge in [-0.05, 0) is 36.4 Å². The number of rotatable bonds is 3. The number of nitrogens with zero attached hydrogens (tertiary/aromatic N) is 1. The molecule has 3 aromatic carbocycles. The van der Waals surface area contributed by atoms with Gasteiger partial charge in [-0.3, -0.25) is 0 Å². The van der Waals surface area contributed by atoms with E-state index in [1.165, 1.54) is 6.07 Å². The van der Waals surface area contributed by atoms with E-state index in [-0.39, 0.29) is 5.69 Å². The molecule has 23 heavy (non-hydrogen) atoms. The number of hydrogen-bond donors (Lipinski definition) is 0. The van der Waals surface area contributed by atoms with Crippen LogP contribution in [0.1, 0.15) is 0 Å². The third-order valence-electron chi connectivity index (χ3n) is 3.56. The Balaban J connectivity index is 2.21. The van der Waals surface area contributed by atoms with Crippen LogP contribution in [0.25, 0.3) is 0 Å². The van der Waals surface area contributed by atoms with Crippen molar-refractivity contribution in [2.75, 3.05) is 4.90 Å². The van der Waals surface area contributed by atoms with Crippen LogP contribution in [-0.4, -0.2) is 7.85 Å². The average molecular weight is 311 g/mol. The van der Waals surface area contributed by atoms with E-state index in [1.807, 2.05) is 38.2 Å². The molecule has 0 saturated heterocycles. The minimum atomic E-state index is -1.48. The van der Waals surface area contributed by atoms with Crippen LogP contribution in [0.3, 0.4) is 0 Å². The van der Waals surface area contributed by atoms with E-state index in [9.17, 15) is 13.2 Å². The molecule has 3 rings (SSSR count). The topological polar surface area (TPSA) is 3.24 Å². The van der Waals surface area contributed by atoms with Crippen molar-refractivity contribution in [2.45, 2.75) is 0 Å². The van der Waals surface area contributed by atoms with E-state index >= 15 is 0 Å². The van der Waals surface area contributed by atoms with E-state index < -0.39 is 17.5 Å². The van der Waals surface area contributed by atoms with Crippen LogP contribution < -0.4 is 10.4 Å². The summed E-state index contributed by atoms with van der Waals surface area (Å²) < 4.78 is 41.2. The zero-order chi connectivity index (χ0) is 16.4. The van der Waals surface area contributed by atoms with Crippen LogP contribution in [-0.2, 0) is 0 Å². The van der Waals surface area contributed by atoms with Gasteiger partial charge < -0.3 is 4.90 Å². The predicted octanol–water partition coefficient (Wildman–Crippen LogP) is 3.83. The monoisotopic (exact) mass is 311 g/mol. The van der Waals surface area contributed by atoms with Gasteiger partial charge in [0.25, 0.3) is 0 Å². The molecule has 0 bridgehead atoms. The van der Waals surface area contributed by atoms with Gasteiger partial charge >= 0.3 is 0 Å². The van der Waals surface area contributed by atoms with E-state index in [1.54, 1.807) is 29.2 Å². The van der Waals surface area contributed by atoms with Gasteiger partial charge in [0.1, 0.15) is 7.85 Å². The average Bonchev–Trinajstić information content (AvgIpc) is 2.58. The number of anilines is 3. The van der Waals surface area contributed by atoms with Gasteiger partial charge in [-0.1, -0.05) is 35.8 Å². The molecule has 114 valence electrons. The molecule has 0 radical (unpaired) electrons. The summed E-state index contributed by atoms with van der Waals surface area (Å²) >= 11 is 0. The summed E-state index contributed by atoms with van der Waals surface area (Å²) in [6.45, 7) is 0. The zero-order valence-electron chi connectivity index (χ0n) is 12.4. The van der Waals surface area contributed by atoms with Gasteiger partial charge in [0.15, 0.2) is 17.5 Å². The van der Waals surface area contributed by atoms with E-state index in [0.717, 1.165) is 11.5 Å². The maximum Gasteiger partial charge on any atom is 0.196 e. The Labute approximate surface area is 133 Å². The fourth-order valence-corrected chi connectivity index (χ4v) is 2.39. The largest absolute Gasteiger partial charge is 0.308 e. The predicted molar refractivity (Wildman–Crippen MR) is 89.2 cm³/mol. The van der Waals surface area contributed by atoms with Gasteiger partial charge in [0.05, 0.1) is 5.69 Å². The number of benzene rings is 3. The minimum Gasteiger partial charge on any atom is -0.308 e. The Bertz CT molecular complexity index is 820. The van der Waals surface area contributed by atoms with Crippen LogP contribution in [0.5, 0.6) is 0 Å². The van der Waals surface area contributed by atoms with Gasteiger partial charge in [0.2, 0.25) is 0 Å². The first-order valence-electron chi connectivity index (χ1n) is 7.13. The molecule has 0 aliphatic rings. The number of para-hydroxylation sites is 1. The standard InChI is InChI=1S/C18H13BF3N/c19-12-6-8-14(9-7-12)23(13-4-2-1-3-5-13)16-11-10-15(20)17(21)18(16)22/h1-11H,19H2. The molecule has 0 aliphatic carbocycles. The second kappa shape index (κ2) is 6.20. The molecule has 3 aromatic rings. The SMILES string of the molecule is Bc1ccc(N(c2ccccc2)c2ccc(F)c(F)c2F)cc1. The third-order valence-corrected chi connectivity index (χ3v) is 3.56. The number of halogens is 3. The first kappa shape index (κ1) is 15.2. The fourth-order valence-electron chi connectivity index (χ4n) is 2.39. The normalized spacial score (nSPS) is 10.6. The highest BCUT2D eigenvalue weighted by Crippen LogP contribution is 2.36. The molecule has 0 N–H and O–H groups in total. The van der Waals surface area contributed by atoms with E-state index in [2.05, 4.69) is 0 Å². The van der Waals surface area contributed by atoms with Crippen molar-refractivity contribution in [1.82, 2.24) is 0 Å². The summed E-state index contributed by atoms with van der Waals surface area (Å²) in [4.78, 5) is 1.55. The molecule has 1 nitrogen and oxygen atoms in total. The molecule has 0 spiro atoms. The quantitative estimate of drug-likeness (QED) is 0.525. The second-order valence-corrected chi connectivity index (χ2v) is 5.20. The second-order valence-electron chi connectivity index (χ2n) is 5.20. The smallest absolute Gasteiger partial charge is 0.196 e. The van der Waals surface area contributed by atoms with E-state index in [0.29, 0.717) is 11.4 Å². The maximum atomic E-state index is 14.3.